The summed E-state index contributed by atoms with van der Waals surface area (Å²) in [6.45, 7) is 1.65. The number of para-hydroxylation sites is 2. The lowest BCUT2D eigenvalue weighted by Gasteiger charge is -2.16. The molecule has 1 aromatic heterocycles. The number of nitrogens with zero attached hydrogens (tertiary/aromatic N) is 2. The summed E-state index contributed by atoms with van der Waals surface area (Å²) >= 11 is 1.11. The van der Waals surface area contributed by atoms with Crippen LogP contribution >= 0.6 is 11.8 Å². The molecular weight excluding hydrogens is 364 g/mol. The zero-order chi connectivity index (χ0) is 19.4. The molecule has 3 aromatic rings. The molecule has 0 aliphatic rings. The Kier molecular flexibility index (Phi) is 5.56. The van der Waals surface area contributed by atoms with Crippen molar-refractivity contribution in [2.24, 2.45) is 0 Å². The van der Waals surface area contributed by atoms with Crippen molar-refractivity contribution in [3.8, 4) is 5.69 Å². The van der Waals surface area contributed by atoms with Crippen LogP contribution in [0.2, 0.25) is 0 Å². The van der Waals surface area contributed by atoms with Crippen molar-refractivity contribution < 1.29 is 9.59 Å². The third kappa shape index (κ3) is 4.01. The van der Waals surface area contributed by atoms with E-state index in [4.69, 9.17) is 0 Å². The second-order valence-electron chi connectivity index (χ2n) is 5.72. The van der Waals surface area contributed by atoms with E-state index in [2.05, 4.69) is 15.6 Å². The Morgan fingerprint density at radius 3 is 2.44 bits per heavy atom. The fourth-order valence-corrected chi connectivity index (χ4v) is 3.41. The highest BCUT2D eigenvalue weighted by Crippen LogP contribution is 2.25. The molecule has 1 heterocycles. The van der Waals surface area contributed by atoms with Gasteiger partial charge in [0.05, 0.1) is 21.8 Å². The van der Waals surface area contributed by atoms with Crippen LogP contribution < -0.4 is 16.2 Å². The van der Waals surface area contributed by atoms with Crippen LogP contribution in [0, 0.1) is 0 Å². The lowest BCUT2D eigenvalue weighted by atomic mass is 10.2. The third-order valence-corrected chi connectivity index (χ3v) is 4.93. The summed E-state index contributed by atoms with van der Waals surface area (Å²) in [6, 6.07) is 15.6. The van der Waals surface area contributed by atoms with E-state index in [1.807, 2.05) is 18.2 Å². The van der Waals surface area contributed by atoms with Crippen LogP contribution in [0.3, 0.4) is 0 Å². The number of thioether (sulfide) groups is 1. The summed E-state index contributed by atoms with van der Waals surface area (Å²) in [5.41, 5.74) is 0.992. The lowest BCUT2D eigenvalue weighted by molar-refractivity contribution is -0.119. The van der Waals surface area contributed by atoms with Crippen LogP contribution in [0.5, 0.6) is 0 Å². The summed E-state index contributed by atoms with van der Waals surface area (Å²) in [5, 5.41) is 4.81. The minimum atomic E-state index is -0.634. The molecule has 2 aromatic carbocycles. The third-order valence-electron chi connectivity index (χ3n) is 3.87. The maximum atomic E-state index is 13.1. The second kappa shape index (κ2) is 8.05. The van der Waals surface area contributed by atoms with Gasteiger partial charge in [0, 0.05) is 7.05 Å². The number of benzene rings is 2. The molecule has 0 radical (unpaired) electrons. The molecular formula is C19H18N4O3S. The number of urea groups is 1. The highest BCUT2D eigenvalue weighted by molar-refractivity contribution is 8.00. The van der Waals surface area contributed by atoms with Crippen molar-refractivity contribution >= 4 is 34.6 Å². The van der Waals surface area contributed by atoms with Crippen molar-refractivity contribution in [3.63, 3.8) is 0 Å². The fraction of sp³-hybridized carbons (Fsp3) is 0.158. The molecule has 0 aliphatic heterocycles. The topological polar surface area (TPSA) is 93.1 Å². The van der Waals surface area contributed by atoms with Crippen LogP contribution in [0.4, 0.5) is 4.79 Å². The quantitative estimate of drug-likeness (QED) is 0.534. The summed E-state index contributed by atoms with van der Waals surface area (Å²) in [7, 11) is 1.43. The highest BCUT2D eigenvalue weighted by atomic mass is 32.2. The van der Waals surface area contributed by atoms with Gasteiger partial charge in [0.1, 0.15) is 0 Å². The monoisotopic (exact) mass is 382 g/mol. The molecule has 0 bridgehead atoms. The smallest absolute Gasteiger partial charge is 0.321 e. The van der Waals surface area contributed by atoms with Gasteiger partial charge in [-0.15, -0.1) is 0 Å². The number of carbonyl (C=O) groups is 2. The zero-order valence-corrected chi connectivity index (χ0v) is 15.6. The normalized spacial score (nSPS) is 11.8. The van der Waals surface area contributed by atoms with Gasteiger partial charge >= 0.3 is 6.03 Å². The molecule has 3 rings (SSSR count). The predicted molar refractivity (Wildman–Crippen MR) is 105 cm³/mol. The van der Waals surface area contributed by atoms with Crippen LogP contribution in [0.15, 0.2) is 64.5 Å². The number of imide groups is 1. The van der Waals surface area contributed by atoms with Crippen molar-refractivity contribution in [2.75, 3.05) is 7.05 Å². The standard InChI is InChI=1S/C19H18N4O3S/c1-12(16(24)22-18(26)20-2)27-19-21-15-11-7-6-10-14(15)17(25)23(19)13-8-4-3-5-9-13/h3-12H,1-2H3,(H2,20,22,24,26). The van der Waals surface area contributed by atoms with Crippen LogP contribution in [-0.4, -0.2) is 33.8 Å². The largest absolute Gasteiger partial charge is 0.341 e. The number of aromatic nitrogens is 2. The molecule has 7 nitrogen and oxygen atoms in total. The summed E-state index contributed by atoms with van der Waals surface area (Å²) < 4.78 is 1.48. The zero-order valence-electron chi connectivity index (χ0n) is 14.8. The van der Waals surface area contributed by atoms with Gasteiger partial charge in [0.2, 0.25) is 5.91 Å². The Morgan fingerprint density at radius 2 is 1.74 bits per heavy atom. The van der Waals surface area contributed by atoms with E-state index in [1.54, 1.807) is 43.3 Å². The van der Waals surface area contributed by atoms with Crippen molar-refractivity contribution in [2.45, 2.75) is 17.3 Å². The van der Waals surface area contributed by atoms with Gasteiger partial charge in [0.15, 0.2) is 5.16 Å². The fourth-order valence-electron chi connectivity index (χ4n) is 2.48. The first-order chi connectivity index (χ1) is 13.0. The molecule has 3 amide bonds. The Morgan fingerprint density at radius 1 is 1.07 bits per heavy atom. The maximum absolute atomic E-state index is 13.1. The maximum Gasteiger partial charge on any atom is 0.321 e. The summed E-state index contributed by atoms with van der Waals surface area (Å²) in [5.74, 6) is -0.471. The van der Waals surface area contributed by atoms with E-state index < -0.39 is 17.2 Å². The molecule has 0 saturated heterocycles. The van der Waals surface area contributed by atoms with Crippen molar-refractivity contribution in [1.82, 2.24) is 20.2 Å². The van der Waals surface area contributed by atoms with E-state index in [9.17, 15) is 14.4 Å². The number of rotatable bonds is 4. The SMILES string of the molecule is CNC(=O)NC(=O)C(C)Sc1nc2ccccc2c(=O)n1-c1ccccc1. The summed E-state index contributed by atoms with van der Waals surface area (Å²) in [4.78, 5) is 41.2. The average Bonchev–Trinajstić information content (AvgIpc) is 2.68. The lowest BCUT2D eigenvalue weighted by Crippen LogP contribution is -2.41. The van der Waals surface area contributed by atoms with Gasteiger partial charge in [-0.1, -0.05) is 42.1 Å². The number of carbonyl (C=O) groups excluding carboxylic acids is 2. The first kappa shape index (κ1) is 18.7. The van der Waals surface area contributed by atoms with E-state index in [1.165, 1.54) is 11.6 Å². The number of hydrogen-bond acceptors (Lipinski definition) is 5. The predicted octanol–water partition coefficient (Wildman–Crippen LogP) is 2.32. The molecule has 0 fully saturated rings. The van der Waals surface area contributed by atoms with Gasteiger partial charge in [-0.3, -0.25) is 19.5 Å². The van der Waals surface area contributed by atoms with Crippen LogP contribution in [0.25, 0.3) is 16.6 Å². The van der Waals surface area contributed by atoms with E-state index in [0.29, 0.717) is 21.7 Å². The molecule has 138 valence electrons. The molecule has 27 heavy (non-hydrogen) atoms. The van der Waals surface area contributed by atoms with Crippen LogP contribution in [0.1, 0.15) is 6.92 Å². The second-order valence-corrected chi connectivity index (χ2v) is 7.02. The van der Waals surface area contributed by atoms with E-state index in [-0.39, 0.29) is 5.56 Å². The highest BCUT2D eigenvalue weighted by Gasteiger charge is 2.21. The summed E-state index contributed by atoms with van der Waals surface area (Å²) in [6.07, 6.45) is 0. The number of fused-ring (bicyclic) bond motifs is 1. The Labute approximate surface area is 159 Å². The van der Waals surface area contributed by atoms with Gasteiger partial charge in [-0.05, 0) is 31.2 Å². The minimum absolute atomic E-state index is 0.215. The number of nitrogens with one attached hydrogen (secondary N) is 2. The van der Waals surface area contributed by atoms with E-state index >= 15 is 0 Å². The first-order valence-electron chi connectivity index (χ1n) is 8.27. The van der Waals surface area contributed by atoms with Gasteiger partial charge in [0.25, 0.3) is 5.56 Å². The molecule has 0 aliphatic carbocycles. The van der Waals surface area contributed by atoms with Crippen LogP contribution in [-0.2, 0) is 4.79 Å². The van der Waals surface area contributed by atoms with Gasteiger partial charge in [-0.2, -0.15) is 0 Å². The molecule has 0 saturated carbocycles. The number of hydrogen-bond donors (Lipinski definition) is 2. The average molecular weight is 382 g/mol. The molecule has 1 atom stereocenters. The van der Waals surface area contributed by atoms with E-state index in [0.717, 1.165) is 11.8 Å². The van der Waals surface area contributed by atoms with Gasteiger partial charge < -0.3 is 5.32 Å². The number of amides is 3. The Balaban J connectivity index is 2.07. The Hall–Kier alpha value is -3.13. The van der Waals surface area contributed by atoms with Crippen molar-refractivity contribution in [1.29, 1.82) is 0 Å². The molecule has 8 heteroatoms. The van der Waals surface area contributed by atoms with Crippen molar-refractivity contribution in [3.05, 3.63) is 65.0 Å². The first-order valence-corrected chi connectivity index (χ1v) is 9.15. The molecule has 2 N–H and O–H groups in total. The van der Waals surface area contributed by atoms with Gasteiger partial charge in [-0.25, -0.2) is 9.78 Å². The molecule has 1 unspecified atom stereocenters. The molecule has 0 spiro atoms. The Bertz CT molecular complexity index is 1050. The minimum Gasteiger partial charge on any atom is -0.341 e.